The van der Waals surface area contributed by atoms with Crippen LogP contribution in [-0.4, -0.2) is 24.8 Å². The van der Waals surface area contributed by atoms with Gasteiger partial charge in [0.1, 0.15) is 12.7 Å². The molecule has 0 aliphatic rings. The summed E-state index contributed by atoms with van der Waals surface area (Å²) in [6, 6.07) is 1.91. The summed E-state index contributed by atoms with van der Waals surface area (Å²) in [5.74, 6) is -0.0386. The highest BCUT2D eigenvalue weighted by molar-refractivity contribution is 7.39. The summed E-state index contributed by atoms with van der Waals surface area (Å²) in [4.78, 5) is 11.0. The highest BCUT2D eigenvalue weighted by Gasteiger charge is 2.20. The van der Waals surface area contributed by atoms with Crippen LogP contribution in [0.2, 0.25) is 0 Å². The molecule has 0 amide bonds. The Hall–Kier alpha value is -0.980. The lowest BCUT2D eigenvalue weighted by Gasteiger charge is -2.08. The first-order chi connectivity index (χ1) is 8.49. The Morgan fingerprint density at radius 1 is 1.44 bits per heavy atom. The van der Waals surface area contributed by atoms with Gasteiger partial charge in [-0.2, -0.15) is 5.26 Å². The number of esters is 1. The molecule has 6 heteroatoms. The minimum Gasteiger partial charge on any atom is -0.447 e. The van der Waals surface area contributed by atoms with Crippen LogP contribution < -0.4 is 0 Å². The van der Waals surface area contributed by atoms with E-state index in [1.54, 1.807) is 6.92 Å². The van der Waals surface area contributed by atoms with Crippen molar-refractivity contribution in [1.82, 2.24) is 0 Å². The van der Waals surface area contributed by atoms with E-state index in [-0.39, 0.29) is 12.4 Å². The standard InChI is InChI=1S/C12H21NO4P/c1-4-12(14)17-11(8-13)6-5-7-18(15)16-9-10(2)3/h10-11H,4-7,9H2,1-3H3/q+1. The number of hydrogen-bond donors (Lipinski definition) is 0. The molecule has 5 nitrogen and oxygen atoms in total. The Kier molecular flexibility index (Phi) is 9.45. The van der Waals surface area contributed by atoms with Crippen LogP contribution in [0.15, 0.2) is 0 Å². The van der Waals surface area contributed by atoms with Crippen LogP contribution in [-0.2, 0) is 18.6 Å². The molecule has 0 rings (SSSR count). The molecule has 0 saturated carbocycles. The van der Waals surface area contributed by atoms with Crippen molar-refractivity contribution in [3.8, 4) is 6.07 Å². The predicted molar refractivity (Wildman–Crippen MR) is 68.3 cm³/mol. The zero-order chi connectivity index (χ0) is 14.0. The van der Waals surface area contributed by atoms with Crippen molar-refractivity contribution in [3.63, 3.8) is 0 Å². The summed E-state index contributed by atoms with van der Waals surface area (Å²) in [6.07, 6.45) is 0.844. The van der Waals surface area contributed by atoms with Crippen molar-refractivity contribution < 1.29 is 18.6 Å². The molecule has 0 bridgehead atoms. The zero-order valence-electron chi connectivity index (χ0n) is 11.2. The second-order valence-electron chi connectivity index (χ2n) is 4.35. The fourth-order valence-electron chi connectivity index (χ4n) is 1.09. The smallest absolute Gasteiger partial charge is 0.447 e. The van der Waals surface area contributed by atoms with E-state index < -0.39 is 14.1 Å². The molecule has 0 aliphatic carbocycles. The number of rotatable bonds is 9. The van der Waals surface area contributed by atoms with Crippen molar-refractivity contribution in [1.29, 1.82) is 5.26 Å². The maximum Gasteiger partial charge on any atom is 0.508 e. The molecule has 0 N–H and O–H groups in total. The van der Waals surface area contributed by atoms with Gasteiger partial charge in [-0.3, -0.25) is 4.79 Å². The largest absolute Gasteiger partial charge is 0.508 e. The molecular formula is C12H21NO4P+. The van der Waals surface area contributed by atoms with Gasteiger partial charge in [-0.15, -0.1) is 4.52 Å². The van der Waals surface area contributed by atoms with Gasteiger partial charge in [-0.1, -0.05) is 20.8 Å². The number of hydrogen-bond acceptors (Lipinski definition) is 5. The quantitative estimate of drug-likeness (QED) is 0.477. The van der Waals surface area contributed by atoms with E-state index in [0.29, 0.717) is 31.5 Å². The second kappa shape index (κ2) is 9.99. The minimum atomic E-state index is -1.67. The Morgan fingerprint density at radius 3 is 2.61 bits per heavy atom. The van der Waals surface area contributed by atoms with E-state index in [4.69, 9.17) is 14.5 Å². The van der Waals surface area contributed by atoms with E-state index in [1.807, 2.05) is 19.9 Å². The lowest BCUT2D eigenvalue weighted by Crippen LogP contribution is -2.15. The van der Waals surface area contributed by atoms with Crippen molar-refractivity contribution >= 4 is 14.0 Å². The molecule has 0 aromatic rings. The first kappa shape index (κ1) is 17.0. The summed E-state index contributed by atoms with van der Waals surface area (Å²) in [7, 11) is -1.67. The van der Waals surface area contributed by atoms with Crippen molar-refractivity contribution in [2.45, 2.75) is 46.1 Å². The van der Waals surface area contributed by atoms with Gasteiger partial charge in [0.2, 0.25) is 0 Å². The van der Waals surface area contributed by atoms with Gasteiger partial charge in [0.15, 0.2) is 12.3 Å². The molecule has 0 radical (unpaired) electrons. The molecular weight excluding hydrogens is 253 g/mol. The van der Waals surface area contributed by atoms with Gasteiger partial charge in [-0.25, -0.2) is 0 Å². The topological polar surface area (TPSA) is 76.4 Å². The fourth-order valence-corrected chi connectivity index (χ4v) is 2.13. The highest BCUT2D eigenvalue weighted by atomic mass is 31.1. The maximum absolute atomic E-state index is 11.4. The van der Waals surface area contributed by atoms with E-state index in [9.17, 15) is 9.36 Å². The molecule has 0 saturated heterocycles. The average Bonchev–Trinajstić information content (AvgIpc) is 2.34. The van der Waals surface area contributed by atoms with Gasteiger partial charge in [0.05, 0.1) is 0 Å². The summed E-state index contributed by atoms with van der Waals surface area (Å²) in [5, 5.41) is 8.78. The Balaban J connectivity index is 3.77. The van der Waals surface area contributed by atoms with E-state index >= 15 is 0 Å². The first-order valence-electron chi connectivity index (χ1n) is 6.16. The Morgan fingerprint density at radius 2 is 2.11 bits per heavy atom. The molecule has 2 unspecified atom stereocenters. The lowest BCUT2D eigenvalue weighted by atomic mass is 10.2. The van der Waals surface area contributed by atoms with E-state index in [1.165, 1.54) is 0 Å². The molecule has 2 atom stereocenters. The predicted octanol–water partition coefficient (Wildman–Crippen LogP) is 3.03. The van der Waals surface area contributed by atoms with Crippen LogP contribution in [0.1, 0.15) is 40.0 Å². The van der Waals surface area contributed by atoms with Crippen LogP contribution in [0.5, 0.6) is 0 Å². The number of ether oxygens (including phenoxy) is 1. The molecule has 0 aliphatic heterocycles. The van der Waals surface area contributed by atoms with Crippen LogP contribution >= 0.6 is 8.03 Å². The number of carbonyl (C=O) groups is 1. The first-order valence-corrected chi connectivity index (χ1v) is 7.52. The summed E-state index contributed by atoms with van der Waals surface area (Å²) in [6.45, 7) is 6.12. The molecule has 0 spiro atoms. The van der Waals surface area contributed by atoms with Crippen LogP contribution in [0, 0.1) is 17.2 Å². The number of nitriles is 1. The van der Waals surface area contributed by atoms with Crippen molar-refractivity contribution in [2.24, 2.45) is 5.92 Å². The van der Waals surface area contributed by atoms with E-state index in [0.717, 1.165) is 0 Å². The lowest BCUT2D eigenvalue weighted by molar-refractivity contribution is -0.146. The van der Waals surface area contributed by atoms with Crippen molar-refractivity contribution in [2.75, 3.05) is 12.8 Å². The Labute approximate surface area is 109 Å². The molecule has 0 aromatic carbocycles. The van der Waals surface area contributed by atoms with Crippen LogP contribution in [0.25, 0.3) is 0 Å². The highest BCUT2D eigenvalue weighted by Crippen LogP contribution is 2.25. The monoisotopic (exact) mass is 274 g/mol. The third-order valence-electron chi connectivity index (χ3n) is 2.07. The Bertz CT molecular complexity index is 312. The molecule has 0 fully saturated rings. The number of nitrogens with zero attached hydrogens (tertiary/aromatic N) is 1. The normalized spacial score (nSPS) is 12.9. The van der Waals surface area contributed by atoms with Crippen LogP contribution in [0.3, 0.4) is 0 Å². The zero-order valence-corrected chi connectivity index (χ0v) is 12.1. The van der Waals surface area contributed by atoms with Gasteiger partial charge >= 0.3 is 14.0 Å². The fraction of sp³-hybridized carbons (Fsp3) is 0.833. The van der Waals surface area contributed by atoms with Gasteiger partial charge < -0.3 is 4.74 Å². The van der Waals surface area contributed by atoms with Gasteiger partial charge in [0, 0.05) is 12.8 Å². The summed E-state index contributed by atoms with van der Waals surface area (Å²) < 4.78 is 21.5. The second-order valence-corrected chi connectivity index (χ2v) is 5.72. The third kappa shape index (κ3) is 9.09. The van der Waals surface area contributed by atoms with Crippen molar-refractivity contribution in [3.05, 3.63) is 0 Å². The van der Waals surface area contributed by atoms with Gasteiger partial charge in [0.25, 0.3) is 0 Å². The third-order valence-corrected chi connectivity index (χ3v) is 3.18. The van der Waals surface area contributed by atoms with E-state index in [2.05, 4.69) is 0 Å². The summed E-state index contributed by atoms with van der Waals surface area (Å²) in [5.41, 5.74) is 0. The summed E-state index contributed by atoms with van der Waals surface area (Å²) >= 11 is 0. The molecule has 0 aromatic heterocycles. The van der Waals surface area contributed by atoms with Gasteiger partial charge in [-0.05, 0) is 16.9 Å². The minimum absolute atomic E-state index is 0.254. The molecule has 0 heterocycles. The number of carbonyl (C=O) groups excluding carboxylic acids is 1. The van der Waals surface area contributed by atoms with Crippen LogP contribution in [0.4, 0.5) is 0 Å². The maximum atomic E-state index is 11.4. The average molecular weight is 274 g/mol. The SMILES string of the molecule is CCC(=O)OC(C#N)CCC[P+](=O)OCC(C)C. The molecule has 18 heavy (non-hydrogen) atoms. The molecule has 102 valence electrons.